The second kappa shape index (κ2) is 4.88. The molecule has 90 valence electrons. The van der Waals surface area contributed by atoms with Gasteiger partial charge in [0.2, 0.25) is 0 Å². The summed E-state index contributed by atoms with van der Waals surface area (Å²) in [7, 11) is 0. The minimum atomic E-state index is -0.417. The number of hydrogen-bond acceptors (Lipinski definition) is 1. The van der Waals surface area contributed by atoms with Gasteiger partial charge in [-0.15, -0.1) is 0 Å². The van der Waals surface area contributed by atoms with Gasteiger partial charge in [-0.25, -0.2) is 9.07 Å². The zero-order chi connectivity index (χ0) is 12.4. The molecule has 1 heterocycles. The predicted octanol–water partition coefficient (Wildman–Crippen LogP) is 3.79. The van der Waals surface area contributed by atoms with E-state index in [2.05, 4.69) is 5.10 Å². The van der Waals surface area contributed by atoms with Gasteiger partial charge >= 0.3 is 0 Å². The molecule has 0 saturated carbocycles. The molecule has 17 heavy (non-hydrogen) atoms. The lowest BCUT2D eigenvalue weighted by atomic mass is 10.2. The second-order valence-corrected chi connectivity index (χ2v) is 4.20. The molecule has 0 unspecified atom stereocenters. The lowest BCUT2D eigenvalue weighted by Crippen LogP contribution is -2.03. The van der Waals surface area contributed by atoms with Crippen LogP contribution in [0.5, 0.6) is 0 Å². The second-order valence-electron chi connectivity index (χ2n) is 3.82. The first-order valence-electron chi connectivity index (χ1n) is 5.69. The number of rotatable bonds is 3. The third-order valence-corrected chi connectivity index (χ3v) is 3.09. The van der Waals surface area contributed by atoms with Crippen LogP contribution in [0.4, 0.5) is 4.39 Å². The third kappa shape index (κ3) is 2.20. The molecule has 0 fully saturated rings. The highest BCUT2D eigenvalue weighted by Gasteiger charge is 2.12. The molecule has 0 aliphatic carbocycles. The highest BCUT2D eigenvalue weighted by molar-refractivity contribution is 6.32. The molecule has 0 saturated heterocycles. The summed E-state index contributed by atoms with van der Waals surface area (Å²) in [6.45, 7) is 4.08. The van der Waals surface area contributed by atoms with Crippen molar-refractivity contribution in [2.75, 3.05) is 0 Å². The molecule has 0 radical (unpaired) electrons. The van der Waals surface area contributed by atoms with Crippen LogP contribution in [-0.4, -0.2) is 9.78 Å². The summed E-state index contributed by atoms with van der Waals surface area (Å²) in [4.78, 5) is 0. The van der Waals surface area contributed by atoms with Crippen molar-refractivity contribution in [3.63, 3.8) is 0 Å². The van der Waals surface area contributed by atoms with E-state index in [1.807, 2.05) is 19.9 Å². The molecular formula is C13H14ClFN2. The molecule has 0 spiro atoms. The summed E-state index contributed by atoms with van der Waals surface area (Å²) in [6.07, 6.45) is 1.69. The number of aryl methyl sites for hydroxylation is 2. The monoisotopic (exact) mass is 252 g/mol. The Morgan fingerprint density at radius 2 is 2.06 bits per heavy atom. The maximum absolute atomic E-state index is 13.4. The maximum Gasteiger partial charge on any atom is 0.143 e. The molecule has 0 N–H and O–H groups in total. The first-order valence-corrected chi connectivity index (χ1v) is 6.07. The zero-order valence-corrected chi connectivity index (χ0v) is 10.6. The van der Waals surface area contributed by atoms with Crippen molar-refractivity contribution in [3.8, 4) is 5.69 Å². The molecule has 4 heteroatoms. The van der Waals surface area contributed by atoms with Crippen LogP contribution < -0.4 is 0 Å². The Morgan fingerprint density at radius 1 is 1.29 bits per heavy atom. The number of halogens is 2. The van der Waals surface area contributed by atoms with Crippen LogP contribution in [0.15, 0.2) is 24.3 Å². The molecule has 0 aliphatic heterocycles. The van der Waals surface area contributed by atoms with Crippen LogP contribution in [-0.2, 0) is 12.8 Å². The number of nitrogens with zero attached hydrogens (tertiary/aromatic N) is 2. The van der Waals surface area contributed by atoms with E-state index < -0.39 is 5.82 Å². The van der Waals surface area contributed by atoms with E-state index in [9.17, 15) is 4.39 Å². The van der Waals surface area contributed by atoms with Crippen LogP contribution in [0.2, 0.25) is 5.02 Å². The summed E-state index contributed by atoms with van der Waals surface area (Å²) >= 11 is 5.97. The summed E-state index contributed by atoms with van der Waals surface area (Å²) < 4.78 is 15.1. The first-order chi connectivity index (χ1) is 8.17. The fourth-order valence-corrected chi connectivity index (χ4v) is 1.97. The van der Waals surface area contributed by atoms with E-state index in [0.717, 1.165) is 24.2 Å². The molecule has 0 bridgehead atoms. The average Bonchev–Trinajstić information content (AvgIpc) is 2.76. The molecule has 0 amide bonds. The third-order valence-electron chi connectivity index (χ3n) is 2.72. The molecule has 2 nitrogen and oxygen atoms in total. The van der Waals surface area contributed by atoms with Gasteiger partial charge in [-0.3, -0.25) is 0 Å². The Hall–Kier alpha value is -1.35. The van der Waals surface area contributed by atoms with Crippen LogP contribution in [0.1, 0.15) is 25.2 Å². The zero-order valence-electron chi connectivity index (χ0n) is 9.87. The summed E-state index contributed by atoms with van der Waals surface area (Å²) in [5.74, 6) is -0.417. The Balaban J connectivity index is 2.59. The first kappa shape index (κ1) is 12.1. The Labute approximate surface area is 105 Å². The number of aromatic nitrogens is 2. The van der Waals surface area contributed by atoms with E-state index in [1.54, 1.807) is 16.8 Å². The van der Waals surface area contributed by atoms with E-state index in [-0.39, 0.29) is 5.02 Å². The number of hydrogen-bond donors (Lipinski definition) is 0. The smallest absolute Gasteiger partial charge is 0.143 e. The van der Waals surface area contributed by atoms with Crippen molar-refractivity contribution in [2.24, 2.45) is 0 Å². The molecule has 0 aliphatic rings. The van der Waals surface area contributed by atoms with Gasteiger partial charge in [-0.2, -0.15) is 5.10 Å². The largest absolute Gasteiger partial charge is 0.236 e. The SMILES string of the molecule is CCc1cc(CC)n(-c2cccc(F)c2Cl)n1. The Bertz CT molecular complexity index is 534. The summed E-state index contributed by atoms with van der Waals surface area (Å²) in [5.41, 5.74) is 2.62. The minimum Gasteiger partial charge on any atom is -0.236 e. The molecular weight excluding hydrogens is 239 g/mol. The van der Waals surface area contributed by atoms with Gasteiger partial charge in [0, 0.05) is 5.69 Å². The Kier molecular flexibility index (Phi) is 3.48. The van der Waals surface area contributed by atoms with E-state index in [0.29, 0.717) is 5.69 Å². The normalized spacial score (nSPS) is 10.8. The number of benzene rings is 1. The van der Waals surface area contributed by atoms with Crippen molar-refractivity contribution < 1.29 is 4.39 Å². The van der Waals surface area contributed by atoms with Crippen LogP contribution in [0.25, 0.3) is 5.69 Å². The quantitative estimate of drug-likeness (QED) is 0.813. The molecule has 0 atom stereocenters. The fraction of sp³-hybridized carbons (Fsp3) is 0.308. The van der Waals surface area contributed by atoms with Gasteiger partial charge in [0.1, 0.15) is 10.8 Å². The van der Waals surface area contributed by atoms with E-state index >= 15 is 0 Å². The van der Waals surface area contributed by atoms with Crippen molar-refractivity contribution in [3.05, 3.63) is 46.5 Å². The summed E-state index contributed by atoms with van der Waals surface area (Å²) in [5, 5.41) is 4.56. The van der Waals surface area contributed by atoms with Crippen molar-refractivity contribution in [1.29, 1.82) is 0 Å². The topological polar surface area (TPSA) is 17.8 Å². The molecule has 2 rings (SSSR count). The van der Waals surface area contributed by atoms with Crippen molar-refractivity contribution in [1.82, 2.24) is 9.78 Å². The van der Waals surface area contributed by atoms with Gasteiger partial charge < -0.3 is 0 Å². The Morgan fingerprint density at radius 3 is 2.71 bits per heavy atom. The lowest BCUT2D eigenvalue weighted by Gasteiger charge is -2.08. The maximum atomic E-state index is 13.4. The van der Waals surface area contributed by atoms with Gasteiger partial charge in [-0.05, 0) is 31.0 Å². The highest BCUT2D eigenvalue weighted by Crippen LogP contribution is 2.24. The van der Waals surface area contributed by atoms with E-state index in [1.165, 1.54) is 6.07 Å². The van der Waals surface area contributed by atoms with Crippen LogP contribution >= 0.6 is 11.6 Å². The standard InChI is InChI=1S/C13H14ClFN2/c1-3-9-8-10(4-2)17(16-9)12-7-5-6-11(15)13(12)14/h5-8H,3-4H2,1-2H3. The average molecular weight is 253 g/mol. The van der Waals surface area contributed by atoms with E-state index in [4.69, 9.17) is 11.6 Å². The van der Waals surface area contributed by atoms with Gasteiger partial charge in [0.15, 0.2) is 0 Å². The predicted molar refractivity (Wildman–Crippen MR) is 67.3 cm³/mol. The highest BCUT2D eigenvalue weighted by atomic mass is 35.5. The lowest BCUT2D eigenvalue weighted by molar-refractivity contribution is 0.625. The van der Waals surface area contributed by atoms with Crippen molar-refractivity contribution in [2.45, 2.75) is 26.7 Å². The van der Waals surface area contributed by atoms with Crippen molar-refractivity contribution >= 4 is 11.6 Å². The van der Waals surface area contributed by atoms with Gasteiger partial charge in [-0.1, -0.05) is 31.5 Å². The minimum absolute atomic E-state index is 0.118. The fourth-order valence-electron chi connectivity index (χ4n) is 1.76. The van der Waals surface area contributed by atoms with Gasteiger partial charge in [0.25, 0.3) is 0 Å². The molecule has 2 aromatic rings. The van der Waals surface area contributed by atoms with Gasteiger partial charge in [0.05, 0.1) is 11.4 Å². The van der Waals surface area contributed by atoms with Crippen LogP contribution in [0.3, 0.4) is 0 Å². The molecule has 1 aromatic carbocycles. The summed E-state index contributed by atoms with van der Waals surface area (Å²) in [6, 6.07) is 6.79. The van der Waals surface area contributed by atoms with Crippen LogP contribution in [0, 0.1) is 5.82 Å². The molecule has 1 aromatic heterocycles.